The van der Waals surface area contributed by atoms with E-state index in [9.17, 15) is 9.59 Å². The van der Waals surface area contributed by atoms with Crippen LogP contribution in [0.25, 0.3) is 0 Å². The maximum absolute atomic E-state index is 12.0. The number of rotatable bonds is 2. The smallest absolute Gasteiger partial charge is 0.242 e. The van der Waals surface area contributed by atoms with Crippen LogP contribution in [0.3, 0.4) is 0 Å². The Morgan fingerprint density at radius 2 is 1.62 bits per heavy atom. The first-order valence-corrected chi connectivity index (χ1v) is 5.72. The van der Waals surface area contributed by atoms with Gasteiger partial charge in [0.2, 0.25) is 11.8 Å². The van der Waals surface area contributed by atoms with Gasteiger partial charge in [-0.3, -0.25) is 9.59 Å². The van der Waals surface area contributed by atoms with E-state index in [-0.39, 0.29) is 11.8 Å². The third-order valence-electron chi connectivity index (χ3n) is 3.24. The van der Waals surface area contributed by atoms with Crippen LogP contribution in [-0.4, -0.2) is 53.3 Å². The van der Waals surface area contributed by atoms with Crippen molar-refractivity contribution in [3.8, 4) is 0 Å². The molecule has 1 rings (SSSR count). The van der Waals surface area contributed by atoms with E-state index >= 15 is 0 Å². The van der Waals surface area contributed by atoms with Gasteiger partial charge in [-0.15, -0.1) is 0 Å². The summed E-state index contributed by atoms with van der Waals surface area (Å²) in [6.45, 7) is 7.62. The number of carbonyl (C=O) groups is 2. The summed E-state index contributed by atoms with van der Waals surface area (Å²) in [6.07, 6.45) is 0.624. The van der Waals surface area contributed by atoms with E-state index < -0.39 is 5.54 Å². The highest BCUT2D eigenvalue weighted by Gasteiger charge is 2.32. The molecule has 5 nitrogen and oxygen atoms in total. The largest absolute Gasteiger partial charge is 0.339 e. The molecule has 0 spiro atoms. The van der Waals surface area contributed by atoms with Crippen molar-refractivity contribution >= 4 is 11.8 Å². The molecule has 0 aliphatic carbocycles. The lowest BCUT2D eigenvalue weighted by atomic mass is 9.98. The molecule has 92 valence electrons. The van der Waals surface area contributed by atoms with Crippen LogP contribution in [0.15, 0.2) is 0 Å². The van der Waals surface area contributed by atoms with Gasteiger partial charge in [0.05, 0.1) is 5.54 Å². The molecule has 5 heteroatoms. The molecule has 0 radical (unpaired) electrons. The summed E-state index contributed by atoms with van der Waals surface area (Å²) in [7, 11) is 0. The summed E-state index contributed by atoms with van der Waals surface area (Å²) in [5, 5.41) is 0. The molecule has 0 bridgehead atoms. The average Bonchev–Trinajstić information content (AvgIpc) is 2.28. The van der Waals surface area contributed by atoms with Crippen molar-refractivity contribution in [3.05, 3.63) is 0 Å². The van der Waals surface area contributed by atoms with E-state index in [1.54, 1.807) is 23.6 Å². The van der Waals surface area contributed by atoms with Crippen LogP contribution >= 0.6 is 0 Å². The molecule has 1 aliphatic heterocycles. The molecule has 2 amide bonds. The Hall–Kier alpha value is -1.10. The highest BCUT2D eigenvalue weighted by atomic mass is 16.2. The van der Waals surface area contributed by atoms with E-state index in [2.05, 4.69) is 0 Å². The first-order chi connectivity index (χ1) is 7.38. The number of nitrogens with zero attached hydrogens (tertiary/aromatic N) is 2. The van der Waals surface area contributed by atoms with Crippen LogP contribution < -0.4 is 5.73 Å². The number of amides is 2. The Morgan fingerprint density at radius 1 is 1.19 bits per heavy atom. The van der Waals surface area contributed by atoms with Crippen LogP contribution in [0, 0.1) is 0 Å². The van der Waals surface area contributed by atoms with Gasteiger partial charge < -0.3 is 15.5 Å². The molecule has 16 heavy (non-hydrogen) atoms. The zero-order valence-electron chi connectivity index (χ0n) is 10.3. The van der Waals surface area contributed by atoms with Gasteiger partial charge in [-0.2, -0.15) is 0 Å². The van der Waals surface area contributed by atoms with E-state index in [1.807, 2.05) is 6.92 Å². The lowest BCUT2D eigenvalue weighted by molar-refractivity contribution is -0.142. The molecule has 1 aliphatic rings. The normalized spacial score (nSPS) is 20.5. The summed E-state index contributed by atoms with van der Waals surface area (Å²) < 4.78 is 0. The molecule has 0 aromatic carbocycles. The van der Waals surface area contributed by atoms with Crippen molar-refractivity contribution in [2.75, 3.05) is 26.2 Å². The van der Waals surface area contributed by atoms with Crippen LogP contribution in [0.2, 0.25) is 0 Å². The van der Waals surface area contributed by atoms with Gasteiger partial charge >= 0.3 is 0 Å². The Labute approximate surface area is 96.6 Å². The van der Waals surface area contributed by atoms with Gasteiger partial charge in [0, 0.05) is 33.1 Å². The van der Waals surface area contributed by atoms with E-state index in [4.69, 9.17) is 5.73 Å². The average molecular weight is 227 g/mol. The number of piperazine rings is 1. The first-order valence-electron chi connectivity index (χ1n) is 5.72. The highest BCUT2D eigenvalue weighted by Crippen LogP contribution is 2.12. The highest BCUT2D eigenvalue weighted by molar-refractivity contribution is 5.86. The predicted molar refractivity (Wildman–Crippen MR) is 61.7 cm³/mol. The van der Waals surface area contributed by atoms with Crippen molar-refractivity contribution < 1.29 is 9.59 Å². The zero-order chi connectivity index (χ0) is 12.3. The fourth-order valence-electron chi connectivity index (χ4n) is 1.74. The predicted octanol–water partition coefficient (Wildman–Crippen LogP) is -0.195. The van der Waals surface area contributed by atoms with Gasteiger partial charge in [-0.25, -0.2) is 0 Å². The van der Waals surface area contributed by atoms with Crippen LogP contribution in [0.1, 0.15) is 27.2 Å². The number of carbonyl (C=O) groups excluding carboxylic acids is 2. The Balaban J connectivity index is 2.54. The lowest BCUT2D eigenvalue weighted by Gasteiger charge is -2.37. The molecule has 2 N–H and O–H groups in total. The topological polar surface area (TPSA) is 66.6 Å². The third kappa shape index (κ3) is 2.72. The van der Waals surface area contributed by atoms with Gasteiger partial charge in [0.15, 0.2) is 0 Å². The maximum atomic E-state index is 12.0. The number of hydrogen-bond acceptors (Lipinski definition) is 3. The van der Waals surface area contributed by atoms with Crippen molar-refractivity contribution in [1.29, 1.82) is 0 Å². The monoisotopic (exact) mass is 227 g/mol. The van der Waals surface area contributed by atoms with Crippen molar-refractivity contribution in [2.45, 2.75) is 32.7 Å². The van der Waals surface area contributed by atoms with E-state index in [0.717, 1.165) is 0 Å². The summed E-state index contributed by atoms with van der Waals surface area (Å²) in [4.78, 5) is 26.7. The summed E-state index contributed by atoms with van der Waals surface area (Å²) in [5.41, 5.74) is 5.13. The van der Waals surface area contributed by atoms with E-state index in [0.29, 0.717) is 32.6 Å². The molecule has 1 heterocycles. The molecular formula is C11H21N3O2. The van der Waals surface area contributed by atoms with E-state index in [1.165, 1.54) is 0 Å². The Bertz CT molecular complexity index is 281. The Morgan fingerprint density at radius 3 is 2.00 bits per heavy atom. The molecule has 1 unspecified atom stereocenters. The quantitative estimate of drug-likeness (QED) is 0.710. The van der Waals surface area contributed by atoms with Crippen molar-refractivity contribution in [1.82, 2.24) is 9.80 Å². The van der Waals surface area contributed by atoms with Crippen molar-refractivity contribution in [3.63, 3.8) is 0 Å². The molecule has 1 saturated heterocycles. The SMILES string of the molecule is CCC(C)(N)C(=O)N1CCN(C(C)=O)CC1. The Kier molecular flexibility index (Phi) is 3.91. The fourth-order valence-corrected chi connectivity index (χ4v) is 1.74. The van der Waals surface area contributed by atoms with Gasteiger partial charge in [0.25, 0.3) is 0 Å². The second-order valence-corrected chi connectivity index (χ2v) is 4.57. The summed E-state index contributed by atoms with van der Waals surface area (Å²) >= 11 is 0. The molecule has 0 aromatic rings. The van der Waals surface area contributed by atoms with Gasteiger partial charge in [-0.05, 0) is 13.3 Å². The second kappa shape index (κ2) is 4.82. The standard InChI is InChI=1S/C11H21N3O2/c1-4-11(3,12)10(16)14-7-5-13(6-8-14)9(2)15/h4-8,12H2,1-3H3. The van der Waals surface area contributed by atoms with Gasteiger partial charge in [0.1, 0.15) is 0 Å². The minimum absolute atomic E-state index is 0.0156. The third-order valence-corrected chi connectivity index (χ3v) is 3.24. The fraction of sp³-hybridized carbons (Fsp3) is 0.818. The second-order valence-electron chi connectivity index (χ2n) is 4.57. The lowest BCUT2D eigenvalue weighted by Crippen LogP contribution is -2.58. The van der Waals surface area contributed by atoms with Crippen LogP contribution in [0.5, 0.6) is 0 Å². The summed E-state index contributed by atoms with van der Waals surface area (Å²) in [6, 6.07) is 0. The number of hydrogen-bond donors (Lipinski definition) is 1. The first kappa shape index (κ1) is 13.0. The number of nitrogens with two attached hydrogens (primary N) is 1. The molecule has 1 fully saturated rings. The zero-order valence-corrected chi connectivity index (χ0v) is 10.3. The molecule has 1 atom stereocenters. The maximum Gasteiger partial charge on any atom is 0.242 e. The molecule has 0 saturated carbocycles. The van der Waals surface area contributed by atoms with Crippen molar-refractivity contribution in [2.24, 2.45) is 5.73 Å². The molecular weight excluding hydrogens is 206 g/mol. The molecule has 0 aromatic heterocycles. The van der Waals surface area contributed by atoms with Crippen LogP contribution in [-0.2, 0) is 9.59 Å². The summed E-state index contributed by atoms with van der Waals surface area (Å²) in [5.74, 6) is 0.0521. The minimum atomic E-state index is -0.779. The van der Waals surface area contributed by atoms with Gasteiger partial charge in [-0.1, -0.05) is 6.92 Å². The minimum Gasteiger partial charge on any atom is -0.339 e. The van der Waals surface area contributed by atoms with Crippen LogP contribution in [0.4, 0.5) is 0 Å².